The Morgan fingerprint density at radius 1 is 1.13 bits per heavy atom. The second kappa shape index (κ2) is 11.1. The highest BCUT2D eigenvalue weighted by atomic mass is 32.1. The summed E-state index contributed by atoms with van der Waals surface area (Å²) in [7, 11) is 0. The highest BCUT2D eigenvalue weighted by Gasteiger charge is 2.28. The molecule has 0 aliphatic carbocycles. The molecule has 0 radical (unpaired) electrons. The molecule has 2 rings (SSSR count). The first-order valence-electron chi connectivity index (χ1n) is 10.6. The van der Waals surface area contributed by atoms with E-state index in [0.29, 0.717) is 18.1 Å². The molecule has 1 amide bonds. The van der Waals surface area contributed by atoms with Crippen LogP contribution in [0.5, 0.6) is 5.75 Å². The maximum absolute atomic E-state index is 12.8. The highest BCUT2D eigenvalue weighted by Crippen LogP contribution is 2.24. The Kier molecular flexibility index (Phi) is 8.85. The van der Waals surface area contributed by atoms with Gasteiger partial charge in [-0.1, -0.05) is 63.2 Å². The van der Waals surface area contributed by atoms with Crippen molar-refractivity contribution in [2.75, 3.05) is 6.61 Å². The van der Waals surface area contributed by atoms with Crippen LogP contribution in [0.25, 0.3) is 0 Å². The predicted molar refractivity (Wildman–Crippen MR) is 128 cm³/mol. The van der Waals surface area contributed by atoms with E-state index in [1.54, 1.807) is 0 Å². The van der Waals surface area contributed by atoms with Gasteiger partial charge in [-0.05, 0) is 68.1 Å². The van der Waals surface area contributed by atoms with Crippen molar-refractivity contribution in [1.82, 2.24) is 10.6 Å². The van der Waals surface area contributed by atoms with Crippen molar-refractivity contribution in [3.05, 3.63) is 65.2 Å². The monoisotopic (exact) mass is 426 g/mol. The summed E-state index contributed by atoms with van der Waals surface area (Å²) in [6.45, 7) is 10.6. The second-order valence-electron chi connectivity index (χ2n) is 8.40. The van der Waals surface area contributed by atoms with Gasteiger partial charge in [-0.15, -0.1) is 0 Å². The number of thiocarbonyl (C=S) groups is 1. The van der Waals surface area contributed by atoms with Crippen molar-refractivity contribution in [1.29, 1.82) is 0 Å². The molecule has 0 saturated carbocycles. The quantitative estimate of drug-likeness (QED) is 0.403. The van der Waals surface area contributed by atoms with Crippen LogP contribution in [0.1, 0.15) is 62.8 Å². The van der Waals surface area contributed by atoms with E-state index in [0.717, 1.165) is 29.7 Å². The molecular formula is C25H34N2O2S. The van der Waals surface area contributed by atoms with Crippen LogP contribution in [0.3, 0.4) is 0 Å². The van der Waals surface area contributed by atoms with Gasteiger partial charge in [-0.3, -0.25) is 4.79 Å². The Labute approximate surface area is 186 Å². The number of carbonyl (C=O) groups excluding carboxylic acids is 1. The number of rotatable bonds is 9. The molecule has 2 N–H and O–H groups in total. The summed E-state index contributed by atoms with van der Waals surface area (Å²) in [5, 5.41) is 6.50. The van der Waals surface area contributed by atoms with Gasteiger partial charge in [0, 0.05) is 5.41 Å². The van der Waals surface area contributed by atoms with Gasteiger partial charge in [0.05, 0.1) is 12.6 Å². The van der Waals surface area contributed by atoms with E-state index in [1.165, 1.54) is 5.56 Å². The van der Waals surface area contributed by atoms with Crippen LogP contribution >= 0.6 is 12.2 Å². The average molecular weight is 427 g/mol. The molecule has 0 heterocycles. The van der Waals surface area contributed by atoms with Gasteiger partial charge in [0.15, 0.2) is 5.11 Å². The maximum Gasteiger partial charge on any atom is 0.231 e. The Balaban J connectivity index is 1.81. The van der Waals surface area contributed by atoms with Crippen LogP contribution in [0, 0.1) is 19.3 Å². The van der Waals surface area contributed by atoms with Crippen molar-refractivity contribution >= 4 is 23.2 Å². The Morgan fingerprint density at radius 2 is 1.83 bits per heavy atom. The van der Waals surface area contributed by atoms with Gasteiger partial charge >= 0.3 is 0 Å². The minimum absolute atomic E-state index is 0.0744. The van der Waals surface area contributed by atoms with Gasteiger partial charge in [-0.2, -0.15) is 0 Å². The molecule has 4 nitrogen and oxygen atoms in total. The lowest BCUT2D eigenvalue weighted by molar-refractivity contribution is -0.128. The van der Waals surface area contributed by atoms with Crippen LogP contribution in [0.4, 0.5) is 0 Å². The molecule has 0 aromatic heterocycles. The van der Waals surface area contributed by atoms with E-state index in [4.69, 9.17) is 17.0 Å². The molecule has 2 aromatic rings. The third-order valence-electron chi connectivity index (χ3n) is 5.30. The summed E-state index contributed by atoms with van der Waals surface area (Å²) in [4.78, 5) is 12.8. The van der Waals surface area contributed by atoms with Crippen LogP contribution in [0.15, 0.2) is 48.5 Å². The SMILES string of the molecule is CCC(NC(=S)NC(=O)C(C)(C)CCCOc1cc(C)ccc1C)c1ccccc1. The van der Waals surface area contributed by atoms with E-state index in [1.807, 2.05) is 45.0 Å². The zero-order valence-electron chi connectivity index (χ0n) is 18.7. The number of hydrogen-bond acceptors (Lipinski definition) is 3. The van der Waals surface area contributed by atoms with E-state index in [9.17, 15) is 4.79 Å². The lowest BCUT2D eigenvalue weighted by Gasteiger charge is -2.25. The Bertz CT molecular complexity index is 849. The first-order chi connectivity index (χ1) is 14.2. The minimum Gasteiger partial charge on any atom is -0.493 e. The van der Waals surface area contributed by atoms with Gasteiger partial charge in [0.25, 0.3) is 0 Å². The zero-order valence-corrected chi connectivity index (χ0v) is 19.6. The number of amides is 1. The van der Waals surface area contributed by atoms with Gasteiger partial charge in [0.1, 0.15) is 5.75 Å². The molecule has 0 aliphatic rings. The summed E-state index contributed by atoms with van der Waals surface area (Å²) in [6.07, 6.45) is 2.37. The summed E-state index contributed by atoms with van der Waals surface area (Å²) in [5.41, 5.74) is 2.92. The fourth-order valence-corrected chi connectivity index (χ4v) is 3.48. The first-order valence-corrected chi connectivity index (χ1v) is 11.0. The molecule has 2 aromatic carbocycles. The van der Waals surface area contributed by atoms with Crippen molar-refractivity contribution < 1.29 is 9.53 Å². The van der Waals surface area contributed by atoms with Gasteiger partial charge in [0.2, 0.25) is 5.91 Å². The van der Waals surface area contributed by atoms with E-state index in [2.05, 4.69) is 48.7 Å². The largest absolute Gasteiger partial charge is 0.493 e. The fourth-order valence-electron chi connectivity index (χ4n) is 3.25. The molecule has 0 aliphatic heterocycles. The standard InChI is InChI=1S/C25H34N2O2S/c1-6-21(20-11-8-7-9-12-20)26-24(30)27-23(28)25(4,5)15-10-16-29-22-17-18(2)13-14-19(22)3/h7-9,11-14,17,21H,6,10,15-16H2,1-5H3,(H2,26,27,28,30). The Hall–Kier alpha value is -2.40. The van der Waals surface area contributed by atoms with Gasteiger partial charge in [-0.25, -0.2) is 0 Å². The number of aryl methyl sites for hydroxylation is 2. The number of carbonyl (C=O) groups is 1. The molecule has 1 unspecified atom stereocenters. The second-order valence-corrected chi connectivity index (χ2v) is 8.81. The van der Waals surface area contributed by atoms with E-state index < -0.39 is 5.41 Å². The fraction of sp³-hybridized carbons (Fsp3) is 0.440. The van der Waals surface area contributed by atoms with Crippen molar-refractivity contribution in [2.24, 2.45) is 5.41 Å². The van der Waals surface area contributed by atoms with Crippen molar-refractivity contribution in [2.45, 2.75) is 59.9 Å². The van der Waals surface area contributed by atoms with Crippen LogP contribution in [-0.4, -0.2) is 17.6 Å². The van der Waals surface area contributed by atoms with Crippen molar-refractivity contribution in [3.63, 3.8) is 0 Å². The molecule has 1 atom stereocenters. The van der Waals surface area contributed by atoms with Crippen LogP contribution in [-0.2, 0) is 4.79 Å². The lowest BCUT2D eigenvalue weighted by Crippen LogP contribution is -2.46. The number of nitrogens with one attached hydrogen (secondary N) is 2. The third-order valence-corrected chi connectivity index (χ3v) is 5.52. The lowest BCUT2D eigenvalue weighted by atomic mass is 9.87. The molecule has 0 spiro atoms. The van der Waals surface area contributed by atoms with E-state index >= 15 is 0 Å². The number of benzene rings is 2. The van der Waals surface area contributed by atoms with Gasteiger partial charge < -0.3 is 15.4 Å². The number of hydrogen-bond donors (Lipinski definition) is 2. The third kappa shape index (κ3) is 7.13. The average Bonchev–Trinajstić information content (AvgIpc) is 2.72. The molecule has 0 bridgehead atoms. The first kappa shape index (κ1) is 23.9. The molecule has 0 saturated heterocycles. The molecule has 162 valence electrons. The Morgan fingerprint density at radius 3 is 2.50 bits per heavy atom. The minimum atomic E-state index is -0.537. The van der Waals surface area contributed by atoms with Crippen LogP contribution < -0.4 is 15.4 Å². The highest BCUT2D eigenvalue weighted by molar-refractivity contribution is 7.80. The summed E-state index contributed by atoms with van der Waals surface area (Å²) >= 11 is 5.40. The zero-order chi connectivity index (χ0) is 22.1. The summed E-state index contributed by atoms with van der Waals surface area (Å²) in [5.74, 6) is 0.837. The van der Waals surface area contributed by atoms with Crippen LogP contribution in [0.2, 0.25) is 0 Å². The molecule has 5 heteroatoms. The smallest absolute Gasteiger partial charge is 0.231 e. The van der Waals surface area contributed by atoms with E-state index in [-0.39, 0.29) is 11.9 Å². The number of ether oxygens (including phenoxy) is 1. The summed E-state index contributed by atoms with van der Waals surface area (Å²) in [6, 6.07) is 16.4. The summed E-state index contributed by atoms with van der Waals surface area (Å²) < 4.78 is 5.92. The molecule has 30 heavy (non-hydrogen) atoms. The normalized spacial score (nSPS) is 12.2. The predicted octanol–water partition coefficient (Wildman–Crippen LogP) is 5.63. The maximum atomic E-state index is 12.8. The topological polar surface area (TPSA) is 50.4 Å². The molecular weight excluding hydrogens is 392 g/mol. The van der Waals surface area contributed by atoms with Crippen molar-refractivity contribution in [3.8, 4) is 5.75 Å². The molecule has 0 fully saturated rings.